The Morgan fingerprint density at radius 1 is 1.45 bits per heavy atom. The third-order valence-corrected chi connectivity index (χ3v) is 4.03. The second kappa shape index (κ2) is 5.66. The van der Waals surface area contributed by atoms with E-state index >= 15 is 0 Å². The Kier molecular flexibility index (Phi) is 4.13. The van der Waals surface area contributed by atoms with Crippen molar-refractivity contribution in [3.05, 3.63) is 45.2 Å². The molecule has 0 saturated carbocycles. The van der Waals surface area contributed by atoms with Crippen LogP contribution < -0.4 is 5.73 Å². The van der Waals surface area contributed by atoms with Crippen LogP contribution in [0.4, 0.5) is 0 Å². The molecule has 0 spiro atoms. The van der Waals surface area contributed by atoms with E-state index in [0.717, 1.165) is 28.0 Å². The summed E-state index contributed by atoms with van der Waals surface area (Å²) in [5.74, 6) is 0.0750. The van der Waals surface area contributed by atoms with Crippen LogP contribution in [0.25, 0.3) is 5.69 Å². The van der Waals surface area contributed by atoms with Crippen LogP contribution in [0, 0.1) is 13.8 Å². The summed E-state index contributed by atoms with van der Waals surface area (Å²) in [6.45, 7) is 6.20. The monoisotopic (exact) mass is 336 g/mol. The van der Waals surface area contributed by atoms with Gasteiger partial charge in [0.15, 0.2) is 5.84 Å². The fourth-order valence-corrected chi connectivity index (χ4v) is 2.91. The molecule has 0 unspecified atom stereocenters. The number of hydrogen-bond acceptors (Lipinski definition) is 3. The lowest BCUT2D eigenvalue weighted by Crippen LogP contribution is -2.14. The number of oxime groups is 1. The Hall–Kier alpha value is -1.82. The number of amidine groups is 1. The molecule has 0 saturated heterocycles. The van der Waals surface area contributed by atoms with E-state index in [0.29, 0.717) is 5.56 Å². The van der Waals surface area contributed by atoms with E-state index in [-0.39, 0.29) is 5.84 Å². The van der Waals surface area contributed by atoms with Crippen LogP contribution in [0.5, 0.6) is 0 Å². The maximum absolute atomic E-state index is 8.74. The van der Waals surface area contributed by atoms with Crippen LogP contribution in [-0.4, -0.2) is 20.8 Å². The van der Waals surface area contributed by atoms with Crippen LogP contribution in [0.15, 0.2) is 27.8 Å². The molecule has 0 atom stereocenters. The van der Waals surface area contributed by atoms with Crippen LogP contribution in [0.1, 0.15) is 29.4 Å². The second-order valence-corrected chi connectivity index (χ2v) is 5.42. The van der Waals surface area contributed by atoms with Crippen LogP contribution >= 0.6 is 15.9 Å². The van der Waals surface area contributed by atoms with E-state index in [2.05, 4.69) is 40.0 Å². The smallest absolute Gasteiger partial charge is 0.171 e. The predicted octanol–water partition coefficient (Wildman–Crippen LogP) is 2.91. The molecule has 6 heteroatoms. The molecule has 0 aliphatic heterocycles. The number of hydrogen-bond donors (Lipinski definition) is 2. The number of nitrogens with two attached hydrogens (primary N) is 1. The Labute approximate surface area is 126 Å². The Morgan fingerprint density at radius 2 is 2.15 bits per heavy atom. The van der Waals surface area contributed by atoms with Gasteiger partial charge in [0.1, 0.15) is 0 Å². The van der Waals surface area contributed by atoms with Gasteiger partial charge >= 0.3 is 0 Å². The summed E-state index contributed by atoms with van der Waals surface area (Å²) in [6.07, 6.45) is 0.959. The number of aromatic nitrogens is 2. The molecule has 0 bridgehead atoms. The van der Waals surface area contributed by atoms with Crippen LogP contribution in [0.3, 0.4) is 0 Å². The van der Waals surface area contributed by atoms with Gasteiger partial charge in [0.05, 0.1) is 11.4 Å². The summed E-state index contributed by atoms with van der Waals surface area (Å²) in [4.78, 5) is 0. The highest BCUT2D eigenvalue weighted by Gasteiger charge is 2.13. The molecule has 0 aliphatic rings. The lowest BCUT2D eigenvalue weighted by Gasteiger charge is -2.08. The Balaban J connectivity index is 2.53. The largest absolute Gasteiger partial charge is 0.409 e. The fraction of sp³-hybridized carbons (Fsp3) is 0.286. The van der Waals surface area contributed by atoms with Crippen molar-refractivity contribution < 1.29 is 5.21 Å². The molecule has 0 fully saturated rings. The van der Waals surface area contributed by atoms with Gasteiger partial charge < -0.3 is 10.9 Å². The van der Waals surface area contributed by atoms with E-state index in [9.17, 15) is 0 Å². The number of benzene rings is 1. The maximum atomic E-state index is 8.74. The summed E-state index contributed by atoms with van der Waals surface area (Å²) in [5, 5.41) is 16.3. The van der Waals surface area contributed by atoms with Gasteiger partial charge in [-0.05, 0) is 60.0 Å². The number of aryl methyl sites for hydroxylation is 1. The highest BCUT2D eigenvalue weighted by atomic mass is 79.9. The van der Waals surface area contributed by atoms with Gasteiger partial charge in [0, 0.05) is 15.7 Å². The summed E-state index contributed by atoms with van der Waals surface area (Å²) in [6, 6.07) is 5.61. The van der Waals surface area contributed by atoms with E-state index in [4.69, 9.17) is 10.9 Å². The zero-order valence-corrected chi connectivity index (χ0v) is 13.3. The zero-order chi connectivity index (χ0) is 14.9. The minimum atomic E-state index is 0.0750. The number of halogens is 1. The maximum Gasteiger partial charge on any atom is 0.171 e. The second-order valence-electron chi connectivity index (χ2n) is 4.56. The highest BCUT2D eigenvalue weighted by Crippen LogP contribution is 2.23. The van der Waals surface area contributed by atoms with Gasteiger partial charge in [-0.15, -0.1) is 0 Å². The van der Waals surface area contributed by atoms with Gasteiger partial charge in [-0.2, -0.15) is 5.10 Å². The minimum absolute atomic E-state index is 0.0750. The van der Waals surface area contributed by atoms with Crippen LogP contribution in [0.2, 0.25) is 0 Å². The SMILES string of the molecule is CCc1c(C)nn(-c2ccc(/C(N)=N/O)c(Br)c2)c1C. The van der Waals surface area contributed by atoms with E-state index in [1.54, 1.807) is 6.07 Å². The summed E-state index contributed by atoms with van der Waals surface area (Å²) in [5.41, 5.74) is 10.6. The molecule has 2 aromatic rings. The number of nitrogens with zero attached hydrogens (tertiary/aromatic N) is 3. The van der Waals surface area contributed by atoms with Gasteiger partial charge in [-0.25, -0.2) is 4.68 Å². The lowest BCUT2D eigenvalue weighted by molar-refractivity contribution is 0.318. The van der Waals surface area contributed by atoms with E-state index in [1.807, 2.05) is 23.7 Å². The average Bonchev–Trinajstić information content (AvgIpc) is 2.72. The summed E-state index contributed by atoms with van der Waals surface area (Å²) >= 11 is 3.44. The molecule has 0 radical (unpaired) electrons. The van der Waals surface area contributed by atoms with Crippen molar-refractivity contribution in [3.8, 4) is 5.69 Å². The Bertz CT molecular complexity index is 676. The molecule has 1 heterocycles. The van der Waals surface area contributed by atoms with Gasteiger partial charge in [-0.3, -0.25) is 0 Å². The fourth-order valence-electron chi connectivity index (χ4n) is 2.34. The van der Waals surface area contributed by atoms with Crippen molar-refractivity contribution in [2.45, 2.75) is 27.2 Å². The van der Waals surface area contributed by atoms with E-state index in [1.165, 1.54) is 5.56 Å². The van der Waals surface area contributed by atoms with Crippen molar-refractivity contribution in [3.63, 3.8) is 0 Å². The summed E-state index contributed by atoms with van der Waals surface area (Å²) < 4.78 is 2.67. The normalized spacial score (nSPS) is 11.9. The topological polar surface area (TPSA) is 76.4 Å². The van der Waals surface area contributed by atoms with Gasteiger partial charge in [0.2, 0.25) is 0 Å². The molecule has 0 amide bonds. The first kappa shape index (κ1) is 14.6. The average molecular weight is 337 g/mol. The predicted molar refractivity (Wildman–Crippen MR) is 82.6 cm³/mol. The quantitative estimate of drug-likeness (QED) is 0.391. The molecule has 20 heavy (non-hydrogen) atoms. The van der Waals surface area contributed by atoms with Gasteiger partial charge in [-0.1, -0.05) is 12.1 Å². The molecule has 2 rings (SSSR count). The first-order chi connectivity index (χ1) is 9.49. The van der Waals surface area contributed by atoms with Crippen LogP contribution in [-0.2, 0) is 6.42 Å². The lowest BCUT2D eigenvalue weighted by atomic mass is 10.1. The third kappa shape index (κ3) is 2.43. The highest BCUT2D eigenvalue weighted by molar-refractivity contribution is 9.10. The molecular formula is C14H17BrN4O. The molecular weight excluding hydrogens is 320 g/mol. The molecule has 1 aromatic heterocycles. The van der Waals surface area contributed by atoms with Crippen molar-refractivity contribution in [2.24, 2.45) is 10.9 Å². The van der Waals surface area contributed by atoms with Crippen molar-refractivity contribution in [2.75, 3.05) is 0 Å². The van der Waals surface area contributed by atoms with Crippen molar-refractivity contribution >= 4 is 21.8 Å². The van der Waals surface area contributed by atoms with Crippen molar-refractivity contribution in [1.82, 2.24) is 9.78 Å². The molecule has 3 N–H and O–H groups in total. The third-order valence-electron chi connectivity index (χ3n) is 3.38. The zero-order valence-electron chi connectivity index (χ0n) is 11.7. The standard InChI is InChI=1S/C14H17BrN4O/c1-4-11-8(2)17-19(9(11)3)10-5-6-12(13(15)7-10)14(16)18-20/h5-7,20H,4H2,1-3H3,(H2,16,18). The molecule has 0 aliphatic carbocycles. The van der Waals surface area contributed by atoms with Crippen molar-refractivity contribution in [1.29, 1.82) is 0 Å². The first-order valence-electron chi connectivity index (χ1n) is 6.32. The Morgan fingerprint density at radius 3 is 2.65 bits per heavy atom. The molecule has 1 aromatic carbocycles. The minimum Gasteiger partial charge on any atom is -0.409 e. The molecule has 106 valence electrons. The van der Waals surface area contributed by atoms with Gasteiger partial charge in [0.25, 0.3) is 0 Å². The van der Waals surface area contributed by atoms with E-state index < -0.39 is 0 Å². The number of rotatable bonds is 3. The first-order valence-corrected chi connectivity index (χ1v) is 7.11. The summed E-state index contributed by atoms with van der Waals surface area (Å²) in [7, 11) is 0. The molecule has 5 nitrogen and oxygen atoms in total.